The Kier molecular flexibility index (Phi) is 9.97. The molecule has 0 spiro atoms. The number of hydrogen-bond donors (Lipinski definition) is 0. The van der Waals surface area contributed by atoms with E-state index in [2.05, 4.69) is 0 Å². The first-order valence-corrected chi connectivity index (χ1v) is 14.1. The quantitative estimate of drug-likeness (QED) is 0.225. The molecule has 34 heavy (non-hydrogen) atoms. The molecule has 0 aliphatic heterocycles. The predicted octanol–water partition coefficient (Wildman–Crippen LogP) is 10.6. The first-order chi connectivity index (χ1) is 15.9. The van der Waals surface area contributed by atoms with Crippen molar-refractivity contribution in [1.82, 2.24) is 0 Å². The van der Waals surface area contributed by atoms with Crippen molar-refractivity contribution in [3.63, 3.8) is 0 Å². The fourth-order valence-corrected chi connectivity index (χ4v) is 7.72. The van der Waals surface area contributed by atoms with E-state index in [0.29, 0.717) is 0 Å². The van der Waals surface area contributed by atoms with E-state index in [0.717, 1.165) is 0 Å². The monoisotopic (exact) mass is 658 g/mol. The van der Waals surface area contributed by atoms with Gasteiger partial charge in [0.2, 0.25) is 0 Å². The molecule has 0 unspecified atom stereocenters. The summed E-state index contributed by atoms with van der Waals surface area (Å²) in [6.07, 6.45) is 0. The Labute approximate surface area is 241 Å². The molecule has 182 valence electrons. The Morgan fingerprint density at radius 1 is 0.500 bits per heavy atom. The fraction of sp³-hybridized carbons (Fsp3) is 0.100. The standard InChI is InChI=1S/C20H11Cl9O4Si/c1-2-30-34(31-18-12(24)3-9(21)4-13(18)25,32-19-14(26)5-10(22)6-15(19)27)33-20-16(28)7-11(23)8-17(20)29/h3-8H,2H2,1H3. The van der Waals surface area contributed by atoms with Crippen LogP contribution in [0, 0.1) is 0 Å². The SMILES string of the molecule is CCO[Si](Oc1c(Cl)cc(Cl)cc1Cl)(Oc1c(Cl)cc(Cl)cc1Cl)Oc1c(Cl)cc(Cl)cc1Cl. The van der Waals surface area contributed by atoms with Gasteiger partial charge in [0.05, 0.1) is 30.1 Å². The molecule has 3 aromatic carbocycles. The highest BCUT2D eigenvalue weighted by Crippen LogP contribution is 2.43. The first-order valence-electron chi connectivity index (χ1n) is 9.09. The van der Waals surface area contributed by atoms with E-state index in [-0.39, 0.29) is 69.1 Å². The second-order valence-corrected chi connectivity index (χ2v) is 12.0. The summed E-state index contributed by atoms with van der Waals surface area (Å²) in [5.41, 5.74) is 0. The summed E-state index contributed by atoms with van der Waals surface area (Å²) in [6.45, 7) is 1.74. The number of hydrogen-bond acceptors (Lipinski definition) is 4. The average molecular weight is 662 g/mol. The molecule has 3 aromatic rings. The lowest BCUT2D eigenvalue weighted by molar-refractivity contribution is 0.0973. The lowest BCUT2D eigenvalue weighted by Gasteiger charge is -2.30. The molecular weight excluding hydrogens is 651 g/mol. The zero-order chi connectivity index (χ0) is 25.2. The molecule has 0 aliphatic rings. The minimum atomic E-state index is -4.39. The van der Waals surface area contributed by atoms with Crippen molar-refractivity contribution in [2.24, 2.45) is 0 Å². The summed E-state index contributed by atoms with van der Waals surface area (Å²) in [6, 6.07) is 8.50. The predicted molar refractivity (Wildman–Crippen MR) is 144 cm³/mol. The summed E-state index contributed by atoms with van der Waals surface area (Å²) in [5.74, 6) is -0.0965. The molecule has 0 aromatic heterocycles. The van der Waals surface area contributed by atoms with E-state index in [9.17, 15) is 0 Å². The summed E-state index contributed by atoms with van der Waals surface area (Å²) < 4.78 is 24.2. The van der Waals surface area contributed by atoms with Crippen LogP contribution in [-0.2, 0) is 4.43 Å². The van der Waals surface area contributed by atoms with E-state index in [1.54, 1.807) is 6.92 Å². The second kappa shape index (κ2) is 11.9. The third kappa shape index (κ3) is 6.78. The molecule has 4 nitrogen and oxygen atoms in total. The van der Waals surface area contributed by atoms with Gasteiger partial charge in [0.15, 0.2) is 0 Å². The van der Waals surface area contributed by atoms with Crippen LogP contribution in [0.1, 0.15) is 6.92 Å². The van der Waals surface area contributed by atoms with Gasteiger partial charge in [0, 0.05) is 21.7 Å². The van der Waals surface area contributed by atoms with Gasteiger partial charge in [0.1, 0.15) is 17.2 Å². The van der Waals surface area contributed by atoms with E-state index in [1.807, 2.05) is 0 Å². The first kappa shape index (κ1) is 28.4. The molecule has 0 amide bonds. The zero-order valence-electron chi connectivity index (χ0n) is 16.7. The molecule has 0 saturated heterocycles. The molecule has 0 aliphatic carbocycles. The highest BCUT2D eigenvalue weighted by Gasteiger charge is 2.57. The van der Waals surface area contributed by atoms with Crippen molar-refractivity contribution in [1.29, 1.82) is 0 Å². The van der Waals surface area contributed by atoms with Gasteiger partial charge in [0.25, 0.3) is 0 Å². The maximum atomic E-state index is 6.34. The molecule has 3 rings (SSSR count). The summed E-state index contributed by atoms with van der Waals surface area (Å²) >= 11 is 56.1. The normalized spacial score (nSPS) is 11.5. The van der Waals surface area contributed by atoms with Crippen LogP contribution in [0.4, 0.5) is 0 Å². The van der Waals surface area contributed by atoms with E-state index >= 15 is 0 Å². The van der Waals surface area contributed by atoms with Gasteiger partial charge in [-0.3, -0.25) is 0 Å². The van der Waals surface area contributed by atoms with Crippen LogP contribution in [0.3, 0.4) is 0 Å². The number of rotatable bonds is 8. The van der Waals surface area contributed by atoms with Gasteiger partial charge >= 0.3 is 9.05 Å². The Balaban J connectivity index is 2.20. The molecule has 0 radical (unpaired) electrons. The van der Waals surface area contributed by atoms with Crippen LogP contribution < -0.4 is 13.3 Å². The largest absolute Gasteiger partial charge is 0.893 e. The van der Waals surface area contributed by atoms with E-state index in [1.165, 1.54) is 36.4 Å². The lowest BCUT2D eigenvalue weighted by Crippen LogP contribution is -2.58. The van der Waals surface area contributed by atoms with Crippen molar-refractivity contribution in [3.05, 3.63) is 81.6 Å². The second-order valence-electron chi connectivity index (χ2n) is 6.33. The number of halogens is 9. The molecular formula is C20H11Cl9O4Si. The minimum Gasteiger partial charge on any atom is -0.459 e. The average Bonchev–Trinajstić information content (AvgIpc) is 2.70. The van der Waals surface area contributed by atoms with Gasteiger partial charge in [-0.2, -0.15) is 0 Å². The molecule has 0 heterocycles. The van der Waals surface area contributed by atoms with Crippen LogP contribution in [0.25, 0.3) is 0 Å². The lowest BCUT2D eigenvalue weighted by atomic mass is 10.3. The van der Waals surface area contributed by atoms with E-state index in [4.69, 9.17) is 122 Å². The van der Waals surface area contributed by atoms with Gasteiger partial charge < -0.3 is 17.7 Å². The van der Waals surface area contributed by atoms with Gasteiger partial charge in [-0.15, -0.1) is 0 Å². The third-order valence-corrected chi connectivity index (χ3v) is 8.24. The highest BCUT2D eigenvalue weighted by molar-refractivity contribution is 6.58. The Morgan fingerprint density at radius 3 is 0.941 bits per heavy atom. The van der Waals surface area contributed by atoms with Crippen LogP contribution >= 0.6 is 104 Å². The van der Waals surface area contributed by atoms with Crippen LogP contribution in [0.15, 0.2) is 36.4 Å². The third-order valence-electron chi connectivity index (χ3n) is 3.89. The van der Waals surface area contributed by atoms with Crippen LogP contribution in [0.5, 0.6) is 17.2 Å². The van der Waals surface area contributed by atoms with Crippen LogP contribution in [-0.4, -0.2) is 15.7 Å². The van der Waals surface area contributed by atoms with Crippen molar-refractivity contribution in [2.45, 2.75) is 6.92 Å². The maximum absolute atomic E-state index is 6.34. The summed E-state index contributed by atoms with van der Waals surface area (Å²) in [4.78, 5) is 0. The molecule has 0 bridgehead atoms. The van der Waals surface area contributed by atoms with E-state index < -0.39 is 9.05 Å². The van der Waals surface area contributed by atoms with Gasteiger partial charge in [-0.05, 0) is 43.3 Å². The van der Waals surface area contributed by atoms with Crippen molar-refractivity contribution >= 4 is 113 Å². The van der Waals surface area contributed by atoms with Crippen molar-refractivity contribution in [2.75, 3.05) is 6.61 Å². The molecule has 0 fully saturated rings. The smallest absolute Gasteiger partial charge is 0.459 e. The van der Waals surface area contributed by atoms with Gasteiger partial charge in [-0.1, -0.05) is 104 Å². The molecule has 0 N–H and O–H groups in total. The zero-order valence-corrected chi connectivity index (χ0v) is 24.5. The highest BCUT2D eigenvalue weighted by atomic mass is 35.5. The topological polar surface area (TPSA) is 36.9 Å². The van der Waals surface area contributed by atoms with Crippen molar-refractivity contribution in [3.8, 4) is 17.2 Å². The summed E-state index contributed by atoms with van der Waals surface area (Å²) in [5, 5.41) is 1.18. The Morgan fingerprint density at radius 2 is 0.735 bits per heavy atom. The molecule has 14 heteroatoms. The Hall–Kier alpha value is -0.153. The summed E-state index contributed by atoms with van der Waals surface area (Å²) in [7, 11) is -4.39. The van der Waals surface area contributed by atoms with Crippen molar-refractivity contribution < 1.29 is 17.7 Å². The Bertz CT molecular complexity index is 1010. The van der Waals surface area contributed by atoms with Crippen LogP contribution in [0.2, 0.25) is 45.2 Å². The molecule has 0 saturated carbocycles. The maximum Gasteiger partial charge on any atom is 0.893 e. The molecule has 0 atom stereocenters. The fourth-order valence-electron chi connectivity index (χ4n) is 2.58. The van der Waals surface area contributed by atoms with Gasteiger partial charge in [-0.25, -0.2) is 0 Å². The number of benzene rings is 3. The minimum absolute atomic E-state index is 0.0322.